The predicted molar refractivity (Wildman–Crippen MR) is 72.9 cm³/mol. The normalized spacial score (nSPS) is 14.1. The van der Waals surface area contributed by atoms with Crippen LogP contribution in [-0.2, 0) is 4.74 Å². The maximum Gasteiger partial charge on any atom is 0.0623 e. The topological polar surface area (TPSA) is 9.23 Å². The molecule has 1 atom stereocenters. The third-order valence-electron chi connectivity index (χ3n) is 3.15. The van der Waals surface area contributed by atoms with E-state index in [2.05, 4.69) is 34.6 Å². The van der Waals surface area contributed by atoms with Crippen molar-refractivity contribution in [2.24, 2.45) is 5.41 Å². The van der Waals surface area contributed by atoms with E-state index in [1.165, 1.54) is 44.9 Å². The summed E-state index contributed by atoms with van der Waals surface area (Å²) < 4.78 is 5.83. The standard InChI is InChI=1S/C15H32O/c1-6-8-9-10-11-12-13-14(16-7-2)15(3,4)5/h14H,6-13H2,1-5H3. The molecule has 0 bridgehead atoms. The predicted octanol–water partition coefficient (Wildman–Crippen LogP) is 5.19. The molecule has 0 N–H and O–H groups in total. The lowest BCUT2D eigenvalue weighted by molar-refractivity contribution is -0.0178. The van der Waals surface area contributed by atoms with Crippen LogP contribution >= 0.6 is 0 Å². The minimum atomic E-state index is 0.291. The molecule has 0 radical (unpaired) electrons. The van der Waals surface area contributed by atoms with Crippen LogP contribution < -0.4 is 0 Å². The van der Waals surface area contributed by atoms with E-state index in [-0.39, 0.29) is 0 Å². The van der Waals surface area contributed by atoms with Gasteiger partial charge in [-0.2, -0.15) is 0 Å². The lowest BCUT2D eigenvalue weighted by Gasteiger charge is -2.30. The Balaban J connectivity index is 3.61. The van der Waals surface area contributed by atoms with E-state index in [0.29, 0.717) is 11.5 Å². The number of rotatable bonds is 9. The molecule has 1 unspecified atom stereocenters. The maximum atomic E-state index is 5.83. The summed E-state index contributed by atoms with van der Waals surface area (Å²) in [7, 11) is 0. The van der Waals surface area contributed by atoms with Crippen molar-refractivity contribution in [3.05, 3.63) is 0 Å². The molecule has 98 valence electrons. The van der Waals surface area contributed by atoms with Gasteiger partial charge in [0, 0.05) is 6.61 Å². The van der Waals surface area contributed by atoms with Crippen molar-refractivity contribution in [2.75, 3.05) is 6.61 Å². The smallest absolute Gasteiger partial charge is 0.0623 e. The zero-order valence-electron chi connectivity index (χ0n) is 12.1. The van der Waals surface area contributed by atoms with Crippen molar-refractivity contribution in [3.8, 4) is 0 Å². The van der Waals surface area contributed by atoms with Crippen LogP contribution in [0.1, 0.15) is 79.6 Å². The average molecular weight is 228 g/mol. The molecule has 1 heteroatoms. The average Bonchev–Trinajstić information content (AvgIpc) is 2.20. The summed E-state index contributed by atoms with van der Waals surface area (Å²) >= 11 is 0. The third-order valence-corrected chi connectivity index (χ3v) is 3.15. The molecule has 0 amide bonds. The van der Waals surface area contributed by atoms with Crippen molar-refractivity contribution in [1.29, 1.82) is 0 Å². The van der Waals surface area contributed by atoms with E-state index in [1.54, 1.807) is 0 Å². The third kappa shape index (κ3) is 8.15. The molecule has 0 aromatic carbocycles. The van der Waals surface area contributed by atoms with Crippen LogP contribution in [-0.4, -0.2) is 12.7 Å². The second-order valence-electron chi connectivity index (χ2n) is 5.87. The van der Waals surface area contributed by atoms with Gasteiger partial charge in [-0.25, -0.2) is 0 Å². The van der Waals surface area contributed by atoms with Crippen LogP contribution in [0.25, 0.3) is 0 Å². The van der Waals surface area contributed by atoms with Crippen molar-refractivity contribution in [1.82, 2.24) is 0 Å². The van der Waals surface area contributed by atoms with Gasteiger partial charge in [-0.15, -0.1) is 0 Å². The fourth-order valence-electron chi connectivity index (χ4n) is 2.08. The molecule has 0 saturated carbocycles. The Morgan fingerprint density at radius 2 is 1.44 bits per heavy atom. The van der Waals surface area contributed by atoms with Crippen LogP contribution in [0.2, 0.25) is 0 Å². The van der Waals surface area contributed by atoms with Gasteiger partial charge in [0.1, 0.15) is 0 Å². The molecule has 0 aromatic rings. The SMILES string of the molecule is CCCCCCCCC(OCC)C(C)(C)C. The first-order valence-corrected chi connectivity index (χ1v) is 7.14. The molecule has 0 rings (SSSR count). The minimum absolute atomic E-state index is 0.291. The van der Waals surface area contributed by atoms with Crippen LogP contribution in [0, 0.1) is 5.41 Å². The summed E-state index contributed by atoms with van der Waals surface area (Å²) in [5.41, 5.74) is 0.291. The van der Waals surface area contributed by atoms with E-state index in [1.807, 2.05) is 0 Å². The Morgan fingerprint density at radius 1 is 0.875 bits per heavy atom. The zero-order chi connectivity index (χ0) is 12.4. The van der Waals surface area contributed by atoms with Crippen molar-refractivity contribution in [3.63, 3.8) is 0 Å². The first kappa shape index (κ1) is 16.0. The van der Waals surface area contributed by atoms with Gasteiger partial charge in [-0.05, 0) is 18.8 Å². The molecule has 0 spiro atoms. The monoisotopic (exact) mass is 228 g/mol. The summed E-state index contributed by atoms with van der Waals surface area (Å²) in [6, 6.07) is 0. The molecule has 0 aliphatic carbocycles. The zero-order valence-corrected chi connectivity index (χ0v) is 12.1. The Labute approximate surface area is 103 Å². The molecule has 16 heavy (non-hydrogen) atoms. The summed E-state index contributed by atoms with van der Waals surface area (Å²) in [6.45, 7) is 12.1. The van der Waals surface area contributed by atoms with Gasteiger partial charge >= 0.3 is 0 Å². The van der Waals surface area contributed by atoms with Crippen LogP contribution in [0.3, 0.4) is 0 Å². The van der Waals surface area contributed by atoms with Crippen molar-refractivity contribution >= 4 is 0 Å². The first-order valence-electron chi connectivity index (χ1n) is 7.14. The van der Waals surface area contributed by atoms with Crippen LogP contribution in [0.4, 0.5) is 0 Å². The number of unbranched alkanes of at least 4 members (excludes halogenated alkanes) is 5. The molecule has 0 aliphatic heterocycles. The van der Waals surface area contributed by atoms with Crippen molar-refractivity contribution in [2.45, 2.75) is 85.7 Å². The second-order valence-corrected chi connectivity index (χ2v) is 5.87. The maximum absolute atomic E-state index is 5.83. The van der Waals surface area contributed by atoms with E-state index in [4.69, 9.17) is 4.74 Å². The quantitative estimate of drug-likeness (QED) is 0.494. The molecule has 0 aromatic heterocycles. The Morgan fingerprint density at radius 3 is 1.94 bits per heavy atom. The minimum Gasteiger partial charge on any atom is -0.378 e. The number of ether oxygens (including phenoxy) is 1. The Bertz CT molecular complexity index is 146. The molecule has 0 aliphatic rings. The Kier molecular flexibility index (Phi) is 9.02. The lowest BCUT2D eigenvalue weighted by Crippen LogP contribution is -2.29. The summed E-state index contributed by atoms with van der Waals surface area (Å²) in [4.78, 5) is 0. The molecular formula is C15H32O. The van der Waals surface area contributed by atoms with Gasteiger partial charge in [0.15, 0.2) is 0 Å². The summed E-state index contributed by atoms with van der Waals surface area (Å²) in [6.07, 6.45) is 9.90. The first-order chi connectivity index (χ1) is 7.52. The highest BCUT2D eigenvalue weighted by Gasteiger charge is 2.24. The second kappa shape index (κ2) is 9.04. The van der Waals surface area contributed by atoms with E-state index < -0.39 is 0 Å². The number of hydrogen-bond donors (Lipinski definition) is 0. The van der Waals surface area contributed by atoms with Gasteiger partial charge in [0.05, 0.1) is 6.10 Å². The number of hydrogen-bond acceptors (Lipinski definition) is 1. The molecule has 0 fully saturated rings. The molecule has 0 heterocycles. The fourth-order valence-corrected chi connectivity index (χ4v) is 2.08. The highest BCUT2D eigenvalue weighted by Crippen LogP contribution is 2.26. The molecular weight excluding hydrogens is 196 g/mol. The summed E-state index contributed by atoms with van der Waals surface area (Å²) in [5, 5.41) is 0. The molecule has 0 saturated heterocycles. The highest BCUT2D eigenvalue weighted by atomic mass is 16.5. The lowest BCUT2D eigenvalue weighted by atomic mass is 9.85. The van der Waals surface area contributed by atoms with Gasteiger partial charge < -0.3 is 4.74 Å². The van der Waals surface area contributed by atoms with Crippen LogP contribution in [0.5, 0.6) is 0 Å². The van der Waals surface area contributed by atoms with E-state index in [9.17, 15) is 0 Å². The van der Waals surface area contributed by atoms with Gasteiger partial charge in [-0.1, -0.05) is 66.2 Å². The van der Waals surface area contributed by atoms with Crippen LogP contribution in [0.15, 0.2) is 0 Å². The summed E-state index contributed by atoms with van der Waals surface area (Å²) in [5.74, 6) is 0. The van der Waals surface area contributed by atoms with Gasteiger partial charge in [-0.3, -0.25) is 0 Å². The van der Waals surface area contributed by atoms with Gasteiger partial charge in [0.2, 0.25) is 0 Å². The van der Waals surface area contributed by atoms with Gasteiger partial charge in [0.25, 0.3) is 0 Å². The Hall–Kier alpha value is -0.0400. The van der Waals surface area contributed by atoms with E-state index in [0.717, 1.165) is 6.61 Å². The highest BCUT2D eigenvalue weighted by molar-refractivity contribution is 4.74. The van der Waals surface area contributed by atoms with E-state index >= 15 is 0 Å². The molecule has 1 nitrogen and oxygen atoms in total. The fraction of sp³-hybridized carbons (Fsp3) is 1.00. The largest absolute Gasteiger partial charge is 0.378 e. The van der Waals surface area contributed by atoms with Crippen molar-refractivity contribution < 1.29 is 4.74 Å².